The minimum atomic E-state index is -0.681. The van der Waals surface area contributed by atoms with Crippen LogP contribution in [0.4, 0.5) is 0 Å². The van der Waals surface area contributed by atoms with E-state index in [9.17, 15) is 5.11 Å². The van der Waals surface area contributed by atoms with Crippen molar-refractivity contribution in [2.75, 3.05) is 0 Å². The minimum absolute atomic E-state index is 0.367. The summed E-state index contributed by atoms with van der Waals surface area (Å²) >= 11 is 12.2. The third kappa shape index (κ3) is 3.14. The number of hydrogen-bond acceptors (Lipinski definition) is 3. The Hall–Kier alpha value is -1.10. The lowest BCUT2D eigenvalue weighted by Gasteiger charge is -2.12. The maximum atomic E-state index is 10.3. The Balaban J connectivity index is 2.27. The van der Waals surface area contributed by atoms with E-state index < -0.39 is 6.10 Å². The van der Waals surface area contributed by atoms with Crippen LogP contribution in [0.3, 0.4) is 0 Å². The zero-order valence-corrected chi connectivity index (χ0v) is 13.0. The molecule has 0 aliphatic heterocycles. The molecule has 0 aromatic carbocycles. The first-order valence-electron chi connectivity index (χ1n) is 6.60. The van der Waals surface area contributed by atoms with Crippen molar-refractivity contribution in [3.05, 3.63) is 45.5 Å². The molecule has 0 saturated carbocycles. The number of halogens is 2. The molecule has 4 nitrogen and oxygen atoms in total. The molecule has 0 amide bonds. The van der Waals surface area contributed by atoms with Crippen LogP contribution in [0.15, 0.2) is 18.3 Å². The second kappa shape index (κ2) is 6.57. The molecule has 0 aliphatic rings. The summed E-state index contributed by atoms with van der Waals surface area (Å²) in [6.45, 7) is 4.73. The van der Waals surface area contributed by atoms with Crippen molar-refractivity contribution in [2.45, 2.75) is 39.3 Å². The van der Waals surface area contributed by atoms with Crippen LogP contribution in [0.1, 0.15) is 36.9 Å². The Morgan fingerprint density at radius 1 is 1.35 bits per heavy atom. The topological polar surface area (TPSA) is 50.9 Å². The molecule has 6 heteroatoms. The summed E-state index contributed by atoms with van der Waals surface area (Å²) in [4.78, 5) is 3.91. The molecule has 2 aromatic rings. The lowest BCUT2D eigenvalue weighted by atomic mass is 10.1. The third-order valence-electron chi connectivity index (χ3n) is 3.22. The molecule has 2 aromatic heterocycles. The Morgan fingerprint density at radius 2 is 2.10 bits per heavy atom. The van der Waals surface area contributed by atoms with E-state index in [1.165, 1.54) is 0 Å². The average molecular weight is 314 g/mol. The van der Waals surface area contributed by atoms with Gasteiger partial charge >= 0.3 is 0 Å². The number of aliphatic hydroxyl groups is 1. The third-order valence-corrected chi connectivity index (χ3v) is 3.86. The Labute approximate surface area is 128 Å². The van der Waals surface area contributed by atoms with E-state index in [1.54, 1.807) is 18.3 Å². The zero-order valence-electron chi connectivity index (χ0n) is 11.5. The fourth-order valence-corrected chi connectivity index (χ4v) is 2.67. The molecule has 0 saturated heterocycles. The SMILES string of the molecule is CCc1nn(CC)c(CC(O)c2ccnc(Cl)c2)c1Cl. The summed E-state index contributed by atoms with van der Waals surface area (Å²) in [5, 5.41) is 15.8. The number of nitrogens with zero attached hydrogens (tertiary/aromatic N) is 3. The monoisotopic (exact) mass is 313 g/mol. The number of pyridine rings is 1. The normalized spacial score (nSPS) is 12.7. The van der Waals surface area contributed by atoms with Crippen molar-refractivity contribution < 1.29 is 5.11 Å². The molecule has 2 heterocycles. The summed E-state index contributed by atoms with van der Waals surface area (Å²) in [5.74, 6) is 0. The van der Waals surface area contributed by atoms with Gasteiger partial charge in [-0.1, -0.05) is 30.1 Å². The summed E-state index contributed by atoms with van der Waals surface area (Å²) in [6, 6.07) is 3.41. The van der Waals surface area contributed by atoms with Crippen LogP contribution in [-0.2, 0) is 19.4 Å². The lowest BCUT2D eigenvalue weighted by molar-refractivity contribution is 0.175. The van der Waals surface area contributed by atoms with Gasteiger partial charge in [0.15, 0.2) is 0 Å². The zero-order chi connectivity index (χ0) is 14.7. The van der Waals surface area contributed by atoms with Gasteiger partial charge in [0.2, 0.25) is 0 Å². The number of hydrogen-bond donors (Lipinski definition) is 1. The van der Waals surface area contributed by atoms with Gasteiger partial charge in [0.25, 0.3) is 0 Å². The van der Waals surface area contributed by atoms with Crippen molar-refractivity contribution in [1.82, 2.24) is 14.8 Å². The summed E-state index contributed by atoms with van der Waals surface area (Å²) in [6.07, 6.45) is 2.08. The predicted molar refractivity (Wildman–Crippen MR) is 80.2 cm³/mol. The minimum Gasteiger partial charge on any atom is -0.388 e. The Bertz CT molecular complexity index is 598. The fourth-order valence-electron chi connectivity index (χ4n) is 2.14. The quantitative estimate of drug-likeness (QED) is 0.860. The summed E-state index contributed by atoms with van der Waals surface area (Å²) < 4.78 is 1.84. The molecule has 108 valence electrons. The number of aryl methyl sites for hydroxylation is 2. The summed E-state index contributed by atoms with van der Waals surface area (Å²) in [5.41, 5.74) is 2.44. The first-order chi connectivity index (χ1) is 9.56. The molecule has 0 aliphatic carbocycles. The predicted octanol–water partition coefficient (Wildman–Crippen LogP) is 3.44. The van der Waals surface area contributed by atoms with Crippen LogP contribution >= 0.6 is 23.2 Å². The van der Waals surface area contributed by atoms with Gasteiger partial charge in [-0.15, -0.1) is 0 Å². The summed E-state index contributed by atoms with van der Waals surface area (Å²) in [7, 11) is 0. The smallest absolute Gasteiger partial charge is 0.129 e. The highest BCUT2D eigenvalue weighted by Gasteiger charge is 2.18. The molecule has 0 bridgehead atoms. The van der Waals surface area contributed by atoms with Gasteiger partial charge in [0.05, 0.1) is 22.5 Å². The van der Waals surface area contributed by atoms with Crippen LogP contribution in [0.25, 0.3) is 0 Å². The van der Waals surface area contributed by atoms with Gasteiger partial charge in [-0.3, -0.25) is 4.68 Å². The van der Waals surface area contributed by atoms with E-state index in [-0.39, 0.29) is 0 Å². The van der Waals surface area contributed by atoms with E-state index in [2.05, 4.69) is 10.1 Å². The maximum Gasteiger partial charge on any atom is 0.129 e. The Kier molecular flexibility index (Phi) is 5.02. The van der Waals surface area contributed by atoms with Gasteiger partial charge in [-0.2, -0.15) is 5.10 Å². The highest BCUT2D eigenvalue weighted by molar-refractivity contribution is 6.32. The van der Waals surface area contributed by atoms with Gasteiger partial charge in [-0.05, 0) is 31.0 Å². The largest absolute Gasteiger partial charge is 0.388 e. The van der Waals surface area contributed by atoms with E-state index in [0.717, 1.165) is 29.9 Å². The van der Waals surface area contributed by atoms with Crippen molar-refractivity contribution in [2.24, 2.45) is 0 Å². The van der Waals surface area contributed by atoms with Crippen molar-refractivity contribution >= 4 is 23.2 Å². The first kappa shape index (κ1) is 15.3. The van der Waals surface area contributed by atoms with Crippen molar-refractivity contribution in [1.29, 1.82) is 0 Å². The highest BCUT2D eigenvalue weighted by atomic mass is 35.5. The molecule has 1 atom stereocenters. The second-order valence-corrected chi connectivity index (χ2v) is 5.27. The standard InChI is InChI=1S/C14H17Cl2N3O/c1-3-10-14(16)11(19(4-2)18-10)8-12(20)9-5-6-17-13(15)7-9/h5-7,12,20H,3-4,8H2,1-2H3. The molecular formula is C14H17Cl2N3O. The van der Waals surface area contributed by atoms with E-state index in [1.807, 2.05) is 18.5 Å². The molecule has 0 spiro atoms. The lowest BCUT2D eigenvalue weighted by Crippen LogP contribution is -2.09. The average Bonchev–Trinajstić information content (AvgIpc) is 2.75. The van der Waals surface area contributed by atoms with E-state index in [4.69, 9.17) is 23.2 Å². The molecule has 2 rings (SSSR count). The number of aliphatic hydroxyl groups excluding tert-OH is 1. The molecular weight excluding hydrogens is 297 g/mol. The van der Waals surface area contributed by atoms with Gasteiger partial charge in [0.1, 0.15) is 5.15 Å². The van der Waals surface area contributed by atoms with Crippen LogP contribution in [0, 0.1) is 0 Å². The van der Waals surface area contributed by atoms with E-state index in [0.29, 0.717) is 16.6 Å². The Morgan fingerprint density at radius 3 is 2.70 bits per heavy atom. The molecule has 1 unspecified atom stereocenters. The fraction of sp³-hybridized carbons (Fsp3) is 0.429. The first-order valence-corrected chi connectivity index (χ1v) is 7.35. The molecule has 20 heavy (non-hydrogen) atoms. The highest BCUT2D eigenvalue weighted by Crippen LogP contribution is 2.27. The van der Waals surface area contributed by atoms with Gasteiger partial charge < -0.3 is 5.11 Å². The van der Waals surface area contributed by atoms with Crippen LogP contribution in [-0.4, -0.2) is 19.9 Å². The van der Waals surface area contributed by atoms with E-state index >= 15 is 0 Å². The van der Waals surface area contributed by atoms with Gasteiger partial charge in [0, 0.05) is 19.2 Å². The van der Waals surface area contributed by atoms with Crippen LogP contribution in [0.2, 0.25) is 10.2 Å². The van der Waals surface area contributed by atoms with Crippen molar-refractivity contribution in [3.8, 4) is 0 Å². The molecule has 0 fully saturated rings. The molecule has 0 radical (unpaired) electrons. The van der Waals surface area contributed by atoms with Crippen LogP contribution < -0.4 is 0 Å². The maximum absolute atomic E-state index is 10.3. The van der Waals surface area contributed by atoms with Crippen LogP contribution in [0.5, 0.6) is 0 Å². The van der Waals surface area contributed by atoms with Crippen molar-refractivity contribution in [3.63, 3.8) is 0 Å². The second-order valence-electron chi connectivity index (χ2n) is 4.51. The number of aromatic nitrogens is 3. The molecule has 1 N–H and O–H groups in total. The number of rotatable bonds is 5. The van der Waals surface area contributed by atoms with Gasteiger partial charge in [-0.25, -0.2) is 4.98 Å².